The number of hydrogen-bond donors (Lipinski definition) is 2. The number of hydrogen-bond acceptors (Lipinski definition) is 4. The molecule has 0 aromatic carbocycles. The molecule has 1 radical (unpaired) electrons. The van der Waals surface area contributed by atoms with Gasteiger partial charge >= 0.3 is 0 Å². The van der Waals surface area contributed by atoms with E-state index in [4.69, 9.17) is 16.8 Å². The Morgan fingerprint density at radius 2 is 2.17 bits per heavy atom. The summed E-state index contributed by atoms with van der Waals surface area (Å²) in [4.78, 5) is 0. The first-order chi connectivity index (χ1) is 4.95. The van der Waals surface area contributed by atoms with Crippen LogP contribution in [-0.4, -0.2) is 87.2 Å². The molecule has 0 atom stereocenters. The molecule has 0 amide bonds. The molecule has 0 unspecified atom stereocenters. The van der Waals surface area contributed by atoms with E-state index < -0.39 is 10.1 Å². The van der Waals surface area contributed by atoms with Gasteiger partial charge in [0.25, 0.3) is 10.1 Å². The zero-order chi connectivity index (χ0) is 8.91. The van der Waals surface area contributed by atoms with Crippen molar-refractivity contribution in [1.82, 2.24) is 5.32 Å². The normalized spacial score (nSPS) is 10.2. The van der Waals surface area contributed by atoms with E-state index in [0.717, 1.165) is 0 Å². The van der Waals surface area contributed by atoms with E-state index in [1.807, 2.05) is 0 Å². The van der Waals surface area contributed by atoms with E-state index in [9.17, 15) is 8.42 Å². The van der Waals surface area contributed by atoms with Crippen LogP contribution >= 0.6 is 24.0 Å². The first-order valence-corrected chi connectivity index (χ1v) is 5.97. The Kier molecular flexibility index (Phi) is 11.0. The van der Waals surface area contributed by atoms with Crippen LogP contribution in [0.3, 0.4) is 0 Å². The second-order valence-corrected chi connectivity index (χ2v) is 4.76. The summed E-state index contributed by atoms with van der Waals surface area (Å²) in [5.74, 6) is -0.312. The molecule has 0 rings (SSSR count). The van der Waals surface area contributed by atoms with Gasteiger partial charge in [-0.2, -0.15) is 8.42 Å². The van der Waals surface area contributed by atoms with Gasteiger partial charge in [-0.05, 0) is 6.26 Å². The summed E-state index contributed by atoms with van der Waals surface area (Å²) < 4.78 is 29.1. The first kappa shape index (κ1) is 16.2. The van der Waals surface area contributed by atoms with Crippen LogP contribution in [-0.2, 0) is 10.1 Å². The SMILES string of the molecule is CSC(=S)NCCS(=O)(=O)O.[K]. The number of thioether (sulfide) groups is 1. The minimum absolute atomic E-state index is 0. The summed E-state index contributed by atoms with van der Waals surface area (Å²) in [6.45, 7) is 0.151. The third kappa shape index (κ3) is 11.8. The van der Waals surface area contributed by atoms with E-state index in [1.165, 1.54) is 11.8 Å². The van der Waals surface area contributed by atoms with Gasteiger partial charge in [0.2, 0.25) is 0 Å². The van der Waals surface area contributed by atoms with Crippen molar-refractivity contribution >= 4 is 89.8 Å². The molecule has 8 heteroatoms. The van der Waals surface area contributed by atoms with Gasteiger partial charge in [-0.25, -0.2) is 0 Å². The van der Waals surface area contributed by atoms with Crippen LogP contribution in [0.4, 0.5) is 0 Å². The van der Waals surface area contributed by atoms with Crippen LogP contribution in [0.15, 0.2) is 0 Å². The fourth-order valence-electron chi connectivity index (χ4n) is 0.354. The molecule has 0 aliphatic heterocycles. The van der Waals surface area contributed by atoms with Crippen LogP contribution in [0, 0.1) is 0 Å². The molecule has 12 heavy (non-hydrogen) atoms. The van der Waals surface area contributed by atoms with Crippen molar-refractivity contribution in [3.05, 3.63) is 0 Å². The molecule has 0 aromatic heterocycles. The van der Waals surface area contributed by atoms with Gasteiger partial charge in [-0.3, -0.25) is 4.55 Å². The fourth-order valence-corrected chi connectivity index (χ4v) is 1.06. The van der Waals surface area contributed by atoms with E-state index in [2.05, 4.69) is 5.32 Å². The standard InChI is InChI=1S/C4H9NO3S3.K/c1-10-4(9)5-2-3-11(6,7)8;/h2-3H2,1H3,(H,5,9)(H,6,7,8);. The molecule has 0 fully saturated rings. The third-order valence-electron chi connectivity index (χ3n) is 0.815. The Morgan fingerprint density at radius 3 is 2.50 bits per heavy atom. The second-order valence-electron chi connectivity index (χ2n) is 1.70. The average Bonchev–Trinajstić information content (AvgIpc) is 1.85. The van der Waals surface area contributed by atoms with E-state index in [-0.39, 0.29) is 63.7 Å². The van der Waals surface area contributed by atoms with Gasteiger partial charge < -0.3 is 5.32 Å². The molecule has 67 valence electrons. The van der Waals surface area contributed by atoms with Crippen molar-refractivity contribution in [1.29, 1.82) is 0 Å². The predicted octanol–water partition coefficient (Wildman–Crippen LogP) is -0.269. The van der Waals surface area contributed by atoms with E-state index >= 15 is 0 Å². The maximum absolute atomic E-state index is 10.2. The van der Waals surface area contributed by atoms with E-state index in [0.29, 0.717) is 4.32 Å². The van der Waals surface area contributed by atoms with Gasteiger partial charge in [0, 0.05) is 57.9 Å². The zero-order valence-electron chi connectivity index (χ0n) is 6.90. The monoisotopic (exact) mass is 254 g/mol. The van der Waals surface area contributed by atoms with Gasteiger partial charge in [0.05, 0.1) is 5.75 Å². The van der Waals surface area contributed by atoms with Crippen molar-refractivity contribution < 1.29 is 13.0 Å². The molecule has 0 saturated heterocycles. The Labute approximate surface area is 124 Å². The van der Waals surface area contributed by atoms with Gasteiger partial charge in [-0.1, -0.05) is 12.2 Å². The maximum atomic E-state index is 10.2. The third-order valence-corrected chi connectivity index (χ3v) is 2.69. The van der Waals surface area contributed by atoms with Gasteiger partial charge in [0.1, 0.15) is 4.32 Å². The summed E-state index contributed by atoms with van der Waals surface area (Å²) in [5, 5.41) is 2.64. The zero-order valence-corrected chi connectivity index (χ0v) is 12.5. The number of thiocarbonyl (C=S) groups is 1. The Morgan fingerprint density at radius 1 is 1.67 bits per heavy atom. The van der Waals surface area contributed by atoms with Crippen LogP contribution in [0.1, 0.15) is 0 Å². The minimum atomic E-state index is -3.86. The molecule has 0 bridgehead atoms. The summed E-state index contributed by atoms with van der Waals surface area (Å²) in [6.07, 6.45) is 1.78. The molecule has 0 aromatic rings. The molecule has 0 heterocycles. The van der Waals surface area contributed by atoms with Gasteiger partial charge in [0.15, 0.2) is 0 Å². The molecule has 0 aliphatic rings. The fraction of sp³-hybridized carbons (Fsp3) is 0.750. The molecule has 0 saturated carbocycles. The summed E-state index contributed by atoms with van der Waals surface area (Å²) in [7, 11) is -3.86. The topological polar surface area (TPSA) is 66.4 Å². The van der Waals surface area contributed by atoms with Crippen molar-refractivity contribution in [3.8, 4) is 0 Å². The van der Waals surface area contributed by atoms with Crippen molar-refractivity contribution in [2.75, 3.05) is 18.6 Å². The molecular formula is C4H9KNO3S3. The predicted molar refractivity (Wildman–Crippen MR) is 56.3 cm³/mol. The van der Waals surface area contributed by atoms with Crippen LogP contribution < -0.4 is 5.32 Å². The Bertz CT molecular complexity index is 228. The van der Waals surface area contributed by atoms with E-state index in [1.54, 1.807) is 6.26 Å². The molecular weight excluding hydrogens is 245 g/mol. The largest absolute Gasteiger partial charge is 0.370 e. The maximum Gasteiger partial charge on any atom is 0.266 e. The molecule has 2 N–H and O–H groups in total. The number of rotatable bonds is 3. The Balaban J connectivity index is 0. The molecule has 4 nitrogen and oxygen atoms in total. The molecule has 0 spiro atoms. The first-order valence-electron chi connectivity index (χ1n) is 2.72. The van der Waals surface area contributed by atoms with Gasteiger partial charge in [-0.15, -0.1) is 11.8 Å². The smallest absolute Gasteiger partial charge is 0.266 e. The van der Waals surface area contributed by atoms with Crippen LogP contribution in [0.25, 0.3) is 0 Å². The average molecular weight is 254 g/mol. The minimum Gasteiger partial charge on any atom is -0.370 e. The van der Waals surface area contributed by atoms with Crippen molar-refractivity contribution in [2.24, 2.45) is 0 Å². The second kappa shape index (κ2) is 8.12. The Hall–Kier alpha value is 1.79. The summed E-state index contributed by atoms with van der Waals surface area (Å²) in [5.41, 5.74) is 0. The van der Waals surface area contributed by atoms with Crippen molar-refractivity contribution in [3.63, 3.8) is 0 Å². The quantitative estimate of drug-likeness (QED) is 0.411. The number of nitrogens with one attached hydrogen (secondary N) is 1. The van der Waals surface area contributed by atoms with Crippen molar-refractivity contribution in [2.45, 2.75) is 0 Å². The summed E-state index contributed by atoms with van der Waals surface area (Å²) in [6, 6.07) is 0. The molecule has 0 aliphatic carbocycles. The van der Waals surface area contributed by atoms with Crippen LogP contribution in [0.5, 0.6) is 0 Å². The van der Waals surface area contributed by atoms with Crippen LogP contribution in [0.2, 0.25) is 0 Å². The summed E-state index contributed by atoms with van der Waals surface area (Å²) >= 11 is 6.04.